The molecule has 26 heavy (non-hydrogen) atoms. The smallest absolute Gasteiger partial charge is 0.264 e. The number of hydrogen-bond acceptors (Lipinski definition) is 3. The SMILES string of the molecule is Cc1ccc(C(C)C)c(OCC(=O)NC(=S)Nc2ccc(I)cc2Cl)c1. The fourth-order valence-corrected chi connectivity index (χ4v) is 3.42. The Balaban J connectivity index is 1.93. The van der Waals surface area contributed by atoms with Crippen LogP contribution in [0.2, 0.25) is 5.02 Å². The third kappa shape index (κ3) is 6.10. The van der Waals surface area contributed by atoms with E-state index in [2.05, 4.69) is 47.1 Å². The van der Waals surface area contributed by atoms with Gasteiger partial charge in [-0.3, -0.25) is 10.1 Å². The zero-order chi connectivity index (χ0) is 19.3. The summed E-state index contributed by atoms with van der Waals surface area (Å²) in [5, 5.41) is 6.22. The summed E-state index contributed by atoms with van der Waals surface area (Å²) in [4.78, 5) is 12.1. The van der Waals surface area contributed by atoms with Crippen LogP contribution in [0.3, 0.4) is 0 Å². The maximum absolute atomic E-state index is 12.1. The summed E-state index contributed by atoms with van der Waals surface area (Å²) in [5.41, 5.74) is 2.78. The first-order chi connectivity index (χ1) is 12.3. The molecular weight excluding hydrogens is 483 g/mol. The molecule has 0 aliphatic rings. The maximum Gasteiger partial charge on any atom is 0.264 e. The number of rotatable bonds is 5. The van der Waals surface area contributed by atoms with Gasteiger partial charge in [-0.15, -0.1) is 0 Å². The molecule has 1 amide bonds. The Labute approximate surface area is 177 Å². The Kier molecular flexibility index (Phi) is 7.67. The summed E-state index contributed by atoms with van der Waals surface area (Å²) >= 11 is 13.5. The molecule has 7 heteroatoms. The van der Waals surface area contributed by atoms with Crippen molar-refractivity contribution in [2.24, 2.45) is 0 Å². The lowest BCUT2D eigenvalue weighted by molar-refractivity contribution is -0.121. The molecule has 0 saturated heterocycles. The van der Waals surface area contributed by atoms with E-state index in [0.29, 0.717) is 16.6 Å². The molecule has 0 aromatic heterocycles. The average Bonchev–Trinajstić information content (AvgIpc) is 2.55. The summed E-state index contributed by atoms with van der Waals surface area (Å²) in [6, 6.07) is 11.5. The summed E-state index contributed by atoms with van der Waals surface area (Å²) < 4.78 is 6.72. The summed E-state index contributed by atoms with van der Waals surface area (Å²) in [5.74, 6) is 0.689. The maximum atomic E-state index is 12.1. The predicted octanol–water partition coefficient (Wildman–Crippen LogP) is 5.27. The van der Waals surface area contributed by atoms with Gasteiger partial charge in [-0.2, -0.15) is 0 Å². The van der Waals surface area contributed by atoms with Crippen molar-refractivity contribution in [3.63, 3.8) is 0 Å². The number of carbonyl (C=O) groups is 1. The van der Waals surface area contributed by atoms with Crippen LogP contribution in [0.15, 0.2) is 36.4 Å². The average molecular weight is 503 g/mol. The topological polar surface area (TPSA) is 50.4 Å². The van der Waals surface area contributed by atoms with Gasteiger partial charge in [-0.25, -0.2) is 0 Å². The van der Waals surface area contributed by atoms with E-state index >= 15 is 0 Å². The molecule has 4 nitrogen and oxygen atoms in total. The molecule has 0 saturated carbocycles. The van der Waals surface area contributed by atoms with Crippen molar-refractivity contribution in [3.8, 4) is 5.75 Å². The molecule has 2 rings (SSSR count). The van der Waals surface area contributed by atoms with Crippen molar-refractivity contribution in [2.45, 2.75) is 26.7 Å². The number of halogens is 2. The van der Waals surface area contributed by atoms with Crippen LogP contribution < -0.4 is 15.4 Å². The first-order valence-corrected chi connectivity index (χ1v) is 9.92. The molecule has 0 fully saturated rings. The van der Waals surface area contributed by atoms with Gasteiger partial charge < -0.3 is 10.1 Å². The summed E-state index contributed by atoms with van der Waals surface area (Å²) in [7, 11) is 0. The highest BCUT2D eigenvalue weighted by Gasteiger charge is 2.12. The first-order valence-electron chi connectivity index (χ1n) is 8.05. The van der Waals surface area contributed by atoms with E-state index in [1.54, 1.807) is 6.07 Å². The van der Waals surface area contributed by atoms with Crippen LogP contribution in [0.25, 0.3) is 0 Å². The quantitative estimate of drug-likeness (QED) is 0.432. The lowest BCUT2D eigenvalue weighted by Crippen LogP contribution is -2.37. The molecule has 0 aliphatic heterocycles. The molecule has 0 radical (unpaired) electrons. The van der Waals surface area contributed by atoms with Gasteiger partial charge in [0, 0.05) is 3.57 Å². The third-order valence-electron chi connectivity index (χ3n) is 3.58. The molecule has 0 heterocycles. The molecule has 2 aromatic rings. The van der Waals surface area contributed by atoms with Gasteiger partial charge in [0.25, 0.3) is 5.91 Å². The van der Waals surface area contributed by atoms with Gasteiger partial charge in [0.2, 0.25) is 0 Å². The number of amides is 1. The standard InChI is InChI=1S/C19H20ClIN2O2S/c1-11(2)14-6-4-12(3)8-17(14)25-10-18(24)23-19(26)22-16-7-5-13(21)9-15(16)20/h4-9,11H,10H2,1-3H3,(H2,22,23,24,26). The fourth-order valence-electron chi connectivity index (χ4n) is 2.29. The molecule has 2 N–H and O–H groups in total. The van der Waals surface area contributed by atoms with Crippen LogP contribution in [0.5, 0.6) is 5.75 Å². The highest BCUT2D eigenvalue weighted by molar-refractivity contribution is 14.1. The number of ether oxygens (including phenoxy) is 1. The van der Waals surface area contributed by atoms with Crippen LogP contribution in [0, 0.1) is 10.5 Å². The minimum atomic E-state index is -0.333. The van der Waals surface area contributed by atoms with Gasteiger partial charge in [0.15, 0.2) is 11.7 Å². The molecule has 0 atom stereocenters. The Hall–Kier alpha value is -1.38. The van der Waals surface area contributed by atoms with Crippen molar-refractivity contribution < 1.29 is 9.53 Å². The molecule has 138 valence electrons. The zero-order valence-electron chi connectivity index (χ0n) is 14.7. The molecule has 0 unspecified atom stereocenters. The van der Waals surface area contributed by atoms with Crippen molar-refractivity contribution in [1.82, 2.24) is 5.32 Å². The number of thiocarbonyl (C=S) groups is 1. The fraction of sp³-hybridized carbons (Fsp3) is 0.263. The van der Waals surface area contributed by atoms with E-state index in [1.165, 1.54) is 0 Å². The lowest BCUT2D eigenvalue weighted by Gasteiger charge is -2.15. The van der Waals surface area contributed by atoms with Gasteiger partial charge in [0.1, 0.15) is 5.75 Å². The molecule has 0 spiro atoms. The van der Waals surface area contributed by atoms with Crippen LogP contribution in [0.1, 0.15) is 30.9 Å². The Morgan fingerprint density at radius 3 is 2.65 bits per heavy atom. The minimum absolute atomic E-state index is 0.120. The summed E-state index contributed by atoms with van der Waals surface area (Å²) in [6.07, 6.45) is 0. The van der Waals surface area contributed by atoms with Crippen LogP contribution >= 0.6 is 46.4 Å². The van der Waals surface area contributed by atoms with E-state index in [4.69, 9.17) is 28.6 Å². The van der Waals surface area contributed by atoms with Crippen molar-refractivity contribution in [3.05, 3.63) is 56.1 Å². The Morgan fingerprint density at radius 2 is 2.00 bits per heavy atom. The first kappa shape index (κ1) is 20.9. The van der Waals surface area contributed by atoms with Crippen LogP contribution in [-0.4, -0.2) is 17.6 Å². The van der Waals surface area contributed by atoms with E-state index < -0.39 is 0 Å². The predicted molar refractivity (Wildman–Crippen MR) is 119 cm³/mol. The normalized spacial score (nSPS) is 10.5. The van der Waals surface area contributed by atoms with Gasteiger partial charge in [0.05, 0.1) is 10.7 Å². The highest BCUT2D eigenvalue weighted by Crippen LogP contribution is 2.27. The largest absolute Gasteiger partial charge is 0.483 e. The number of anilines is 1. The van der Waals surface area contributed by atoms with E-state index in [1.807, 2.05) is 37.3 Å². The van der Waals surface area contributed by atoms with Crippen molar-refractivity contribution >= 4 is 63.1 Å². The second kappa shape index (κ2) is 9.53. The molecule has 2 aromatic carbocycles. The number of carbonyl (C=O) groups excluding carboxylic acids is 1. The highest BCUT2D eigenvalue weighted by atomic mass is 127. The second-order valence-corrected chi connectivity index (χ2v) is 8.17. The number of hydrogen-bond donors (Lipinski definition) is 2. The Bertz CT molecular complexity index is 827. The van der Waals surface area contributed by atoms with Crippen LogP contribution in [-0.2, 0) is 4.79 Å². The minimum Gasteiger partial charge on any atom is -0.483 e. The Morgan fingerprint density at radius 1 is 1.27 bits per heavy atom. The summed E-state index contributed by atoms with van der Waals surface area (Å²) in [6.45, 7) is 6.04. The van der Waals surface area contributed by atoms with Crippen molar-refractivity contribution in [1.29, 1.82) is 0 Å². The lowest BCUT2D eigenvalue weighted by atomic mass is 10.0. The number of nitrogens with one attached hydrogen (secondary N) is 2. The molecular formula is C19H20ClIN2O2S. The van der Waals surface area contributed by atoms with Crippen molar-refractivity contribution in [2.75, 3.05) is 11.9 Å². The second-order valence-electron chi connectivity index (χ2n) is 6.11. The van der Waals surface area contributed by atoms with Gasteiger partial charge in [-0.05, 0) is 83.0 Å². The number of aryl methyl sites for hydroxylation is 1. The van der Waals surface area contributed by atoms with E-state index in [-0.39, 0.29) is 17.6 Å². The zero-order valence-corrected chi connectivity index (χ0v) is 18.5. The van der Waals surface area contributed by atoms with Crippen LogP contribution in [0.4, 0.5) is 5.69 Å². The van der Waals surface area contributed by atoms with Gasteiger partial charge in [-0.1, -0.05) is 37.6 Å². The number of benzene rings is 2. The van der Waals surface area contributed by atoms with E-state index in [0.717, 1.165) is 20.4 Å². The molecule has 0 bridgehead atoms. The van der Waals surface area contributed by atoms with Gasteiger partial charge >= 0.3 is 0 Å². The van der Waals surface area contributed by atoms with E-state index in [9.17, 15) is 4.79 Å². The monoisotopic (exact) mass is 502 g/mol. The third-order valence-corrected chi connectivity index (χ3v) is 4.77. The molecule has 0 aliphatic carbocycles.